The lowest BCUT2D eigenvalue weighted by atomic mass is 10.3. The van der Waals surface area contributed by atoms with E-state index in [1.807, 2.05) is 0 Å². The lowest BCUT2D eigenvalue weighted by Crippen LogP contribution is -2.21. The van der Waals surface area contributed by atoms with Crippen LogP contribution in [0.25, 0.3) is 0 Å². The molecule has 0 aliphatic heterocycles. The monoisotopic (exact) mass is 320 g/mol. The molecule has 1 N–H and O–H groups in total. The van der Waals surface area contributed by atoms with Crippen molar-refractivity contribution < 1.29 is 19.1 Å². The minimum absolute atomic E-state index is 0.0306. The second-order valence-electron chi connectivity index (χ2n) is 4.19. The topological polar surface area (TPSA) is 77.5 Å². The van der Waals surface area contributed by atoms with Crippen LogP contribution in [0.1, 0.15) is 10.4 Å². The van der Waals surface area contributed by atoms with Gasteiger partial charge in [0.15, 0.2) is 6.61 Å². The second-order valence-corrected chi connectivity index (χ2v) is 4.55. The molecule has 1 heterocycles. The number of esters is 1. The van der Waals surface area contributed by atoms with E-state index in [0.29, 0.717) is 11.4 Å². The van der Waals surface area contributed by atoms with Crippen molar-refractivity contribution in [1.82, 2.24) is 4.98 Å². The van der Waals surface area contributed by atoms with Gasteiger partial charge in [0.2, 0.25) is 0 Å². The zero-order valence-corrected chi connectivity index (χ0v) is 12.5. The molecule has 0 aliphatic rings. The summed E-state index contributed by atoms with van der Waals surface area (Å²) in [4.78, 5) is 27.2. The highest BCUT2D eigenvalue weighted by atomic mass is 35.5. The first-order chi connectivity index (χ1) is 10.6. The smallest absolute Gasteiger partial charge is 0.341 e. The molecule has 2 aromatic rings. The Morgan fingerprint density at radius 2 is 1.95 bits per heavy atom. The second kappa shape index (κ2) is 7.42. The molecular weight excluding hydrogens is 308 g/mol. The van der Waals surface area contributed by atoms with Crippen LogP contribution in [-0.2, 0) is 9.53 Å². The SMILES string of the molecule is COc1ccc(NC(=O)COC(=O)c2cccnc2Cl)cc1. The van der Waals surface area contributed by atoms with Gasteiger partial charge in [-0.25, -0.2) is 9.78 Å². The molecule has 0 atom stereocenters. The van der Waals surface area contributed by atoms with E-state index in [-0.39, 0.29) is 10.7 Å². The summed E-state index contributed by atoms with van der Waals surface area (Å²) in [6.07, 6.45) is 1.45. The Morgan fingerprint density at radius 1 is 1.23 bits per heavy atom. The summed E-state index contributed by atoms with van der Waals surface area (Å²) in [5.41, 5.74) is 0.683. The number of benzene rings is 1. The van der Waals surface area contributed by atoms with Crippen LogP contribution in [0.4, 0.5) is 5.69 Å². The zero-order chi connectivity index (χ0) is 15.9. The van der Waals surface area contributed by atoms with Gasteiger partial charge in [-0.15, -0.1) is 0 Å². The molecule has 7 heteroatoms. The van der Waals surface area contributed by atoms with Crippen molar-refractivity contribution in [1.29, 1.82) is 0 Å². The van der Waals surface area contributed by atoms with Crippen molar-refractivity contribution in [3.05, 3.63) is 53.3 Å². The van der Waals surface area contributed by atoms with Crippen molar-refractivity contribution in [3.63, 3.8) is 0 Å². The van der Waals surface area contributed by atoms with Gasteiger partial charge in [0, 0.05) is 11.9 Å². The number of carbonyl (C=O) groups excluding carboxylic acids is 2. The Morgan fingerprint density at radius 3 is 2.59 bits per heavy atom. The number of halogens is 1. The number of pyridine rings is 1. The average Bonchev–Trinajstić information content (AvgIpc) is 2.54. The Labute approximate surface area is 132 Å². The summed E-state index contributed by atoms with van der Waals surface area (Å²) >= 11 is 5.77. The summed E-state index contributed by atoms with van der Waals surface area (Å²) in [7, 11) is 1.55. The van der Waals surface area contributed by atoms with Crippen LogP contribution in [0, 0.1) is 0 Å². The molecular formula is C15H13ClN2O4. The molecule has 0 spiro atoms. The van der Waals surface area contributed by atoms with E-state index in [1.165, 1.54) is 12.3 Å². The van der Waals surface area contributed by atoms with Crippen molar-refractivity contribution in [2.45, 2.75) is 0 Å². The molecule has 0 aliphatic carbocycles. The van der Waals surface area contributed by atoms with E-state index >= 15 is 0 Å². The first-order valence-electron chi connectivity index (χ1n) is 6.31. The van der Waals surface area contributed by atoms with Crippen LogP contribution in [0.5, 0.6) is 5.75 Å². The van der Waals surface area contributed by atoms with Gasteiger partial charge in [-0.05, 0) is 36.4 Å². The summed E-state index contributed by atoms with van der Waals surface area (Å²) in [6.45, 7) is -0.421. The van der Waals surface area contributed by atoms with Crippen LogP contribution in [0.3, 0.4) is 0 Å². The van der Waals surface area contributed by atoms with Gasteiger partial charge in [-0.3, -0.25) is 4.79 Å². The fourth-order valence-corrected chi connectivity index (χ4v) is 1.82. The van der Waals surface area contributed by atoms with Gasteiger partial charge >= 0.3 is 5.97 Å². The van der Waals surface area contributed by atoms with Crippen LogP contribution in [-0.4, -0.2) is 30.6 Å². The number of anilines is 1. The Balaban J connectivity index is 1.87. The average molecular weight is 321 g/mol. The molecule has 0 radical (unpaired) electrons. The van der Waals surface area contributed by atoms with Crippen LogP contribution < -0.4 is 10.1 Å². The quantitative estimate of drug-likeness (QED) is 0.676. The van der Waals surface area contributed by atoms with E-state index in [0.717, 1.165) is 0 Å². The molecule has 1 aromatic carbocycles. The molecule has 1 aromatic heterocycles. The minimum Gasteiger partial charge on any atom is -0.497 e. The van der Waals surface area contributed by atoms with Gasteiger partial charge in [-0.1, -0.05) is 11.6 Å². The third-order valence-corrected chi connectivity index (χ3v) is 2.99. The maximum atomic E-state index is 11.8. The maximum absolute atomic E-state index is 11.8. The van der Waals surface area contributed by atoms with Crippen molar-refractivity contribution >= 4 is 29.2 Å². The lowest BCUT2D eigenvalue weighted by Gasteiger charge is -2.07. The summed E-state index contributed by atoms with van der Waals surface area (Å²) in [6, 6.07) is 9.79. The highest BCUT2D eigenvalue weighted by Gasteiger charge is 2.14. The summed E-state index contributed by atoms with van der Waals surface area (Å²) in [5.74, 6) is -0.489. The van der Waals surface area contributed by atoms with Gasteiger partial charge in [-0.2, -0.15) is 0 Å². The molecule has 0 bridgehead atoms. The maximum Gasteiger partial charge on any atom is 0.341 e. The third kappa shape index (κ3) is 4.20. The number of rotatable bonds is 5. The van der Waals surface area contributed by atoms with E-state index in [4.69, 9.17) is 21.1 Å². The number of nitrogens with zero attached hydrogens (tertiary/aromatic N) is 1. The number of aromatic nitrogens is 1. The van der Waals surface area contributed by atoms with Crippen LogP contribution in [0.15, 0.2) is 42.6 Å². The Hall–Kier alpha value is -2.60. The number of methoxy groups -OCH3 is 1. The van der Waals surface area contributed by atoms with E-state index in [1.54, 1.807) is 37.4 Å². The molecule has 0 unspecified atom stereocenters. The number of ether oxygens (including phenoxy) is 2. The van der Waals surface area contributed by atoms with E-state index < -0.39 is 18.5 Å². The first kappa shape index (κ1) is 15.8. The largest absolute Gasteiger partial charge is 0.497 e. The molecule has 0 saturated heterocycles. The molecule has 0 saturated carbocycles. The van der Waals surface area contributed by atoms with Crippen LogP contribution in [0.2, 0.25) is 5.15 Å². The Kier molecular flexibility index (Phi) is 5.32. The minimum atomic E-state index is -0.706. The molecule has 2 rings (SSSR count). The predicted molar refractivity (Wildman–Crippen MR) is 81.2 cm³/mol. The van der Waals surface area contributed by atoms with E-state index in [2.05, 4.69) is 10.3 Å². The number of nitrogens with one attached hydrogen (secondary N) is 1. The number of carbonyl (C=O) groups is 2. The zero-order valence-electron chi connectivity index (χ0n) is 11.7. The highest BCUT2D eigenvalue weighted by molar-refractivity contribution is 6.32. The summed E-state index contributed by atoms with van der Waals surface area (Å²) < 4.78 is 9.90. The van der Waals surface area contributed by atoms with Crippen molar-refractivity contribution in [2.24, 2.45) is 0 Å². The van der Waals surface area contributed by atoms with Gasteiger partial charge in [0.25, 0.3) is 5.91 Å². The fourth-order valence-electron chi connectivity index (χ4n) is 1.62. The molecule has 22 heavy (non-hydrogen) atoms. The molecule has 1 amide bonds. The fraction of sp³-hybridized carbons (Fsp3) is 0.133. The lowest BCUT2D eigenvalue weighted by molar-refractivity contribution is -0.119. The van der Waals surface area contributed by atoms with Gasteiger partial charge in [0.05, 0.1) is 12.7 Å². The van der Waals surface area contributed by atoms with Gasteiger partial charge < -0.3 is 14.8 Å². The van der Waals surface area contributed by atoms with Gasteiger partial charge in [0.1, 0.15) is 10.9 Å². The molecule has 114 valence electrons. The Bertz CT molecular complexity index is 673. The van der Waals surface area contributed by atoms with Crippen molar-refractivity contribution in [2.75, 3.05) is 19.0 Å². The molecule has 0 fully saturated rings. The third-order valence-electron chi connectivity index (χ3n) is 2.69. The number of hydrogen-bond donors (Lipinski definition) is 1. The molecule has 6 nitrogen and oxygen atoms in total. The highest BCUT2D eigenvalue weighted by Crippen LogP contribution is 2.15. The predicted octanol–water partition coefficient (Wildman–Crippen LogP) is 2.54. The normalized spacial score (nSPS) is 9.91. The standard InChI is InChI=1S/C15H13ClN2O4/c1-21-11-6-4-10(5-7-11)18-13(19)9-22-15(20)12-3-2-8-17-14(12)16/h2-8H,9H2,1H3,(H,18,19). The summed E-state index contributed by atoms with van der Waals surface area (Å²) in [5, 5.41) is 2.62. The van der Waals surface area contributed by atoms with Crippen LogP contribution >= 0.6 is 11.6 Å². The number of hydrogen-bond acceptors (Lipinski definition) is 5. The number of amides is 1. The van der Waals surface area contributed by atoms with Crippen molar-refractivity contribution in [3.8, 4) is 5.75 Å². The first-order valence-corrected chi connectivity index (χ1v) is 6.69. The van der Waals surface area contributed by atoms with E-state index in [9.17, 15) is 9.59 Å².